The van der Waals surface area contributed by atoms with Gasteiger partial charge in [-0.05, 0) is 68.3 Å². The lowest BCUT2D eigenvalue weighted by Crippen LogP contribution is -2.42. The van der Waals surface area contributed by atoms with Gasteiger partial charge in [0.25, 0.3) is 0 Å². The average Bonchev–Trinajstić information content (AvgIpc) is 2.91. The molecule has 3 atom stereocenters. The van der Waals surface area contributed by atoms with Gasteiger partial charge in [0.2, 0.25) is 5.95 Å². The van der Waals surface area contributed by atoms with Gasteiger partial charge in [0.15, 0.2) is 5.82 Å². The molecule has 0 unspecified atom stereocenters. The normalized spacial score (nSPS) is 24.2. The van der Waals surface area contributed by atoms with Gasteiger partial charge in [-0.3, -0.25) is 9.88 Å². The highest BCUT2D eigenvalue weighted by molar-refractivity contribution is 5.92. The molecule has 2 saturated heterocycles. The number of rotatable bonds is 6. The molecular formula is C30H37FN6O2. The Morgan fingerprint density at radius 2 is 2.13 bits per heavy atom. The Morgan fingerprint density at radius 3 is 2.87 bits per heavy atom. The summed E-state index contributed by atoms with van der Waals surface area (Å²) in [6.07, 6.45) is 5.00. The Hall–Kier alpha value is -3.19. The zero-order valence-corrected chi connectivity index (χ0v) is 23.2. The summed E-state index contributed by atoms with van der Waals surface area (Å²) in [4.78, 5) is 15.8. The van der Waals surface area contributed by atoms with Crippen LogP contribution in [0, 0.1) is 29.5 Å². The molecule has 0 aliphatic carbocycles. The smallest absolute Gasteiger partial charge is 0.223 e. The number of aromatic nitrogens is 3. The van der Waals surface area contributed by atoms with Crippen LogP contribution >= 0.6 is 0 Å². The SMILES string of the molecule is Cc1c(-c2nc(N[C@@H]3CCOC[C@H]3O)ncc2F)ccc2ncc(CN3CCC[C@](C)(C#N)C3)c(C(C)C)c12. The van der Waals surface area contributed by atoms with E-state index in [0.717, 1.165) is 54.5 Å². The van der Waals surface area contributed by atoms with Crippen LogP contribution in [0.25, 0.3) is 22.2 Å². The molecule has 4 heterocycles. The van der Waals surface area contributed by atoms with Crippen molar-refractivity contribution in [3.63, 3.8) is 0 Å². The number of ether oxygens (including phenoxy) is 1. The summed E-state index contributed by atoms with van der Waals surface area (Å²) < 4.78 is 20.5. The van der Waals surface area contributed by atoms with Gasteiger partial charge in [0.05, 0.1) is 42.0 Å². The molecule has 0 saturated carbocycles. The molecule has 5 rings (SSSR count). The summed E-state index contributed by atoms with van der Waals surface area (Å²) in [6.45, 7) is 11.6. The highest BCUT2D eigenvalue weighted by Gasteiger charge is 2.31. The van der Waals surface area contributed by atoms with E-state index in [2.05, 4.69) is 40.1 Å². The second kappa shape index (κ2) is 11.1. The van der Waals surface area contributed by atoms with Gasteiger partial charge in [-0.25, -0.2) is 14.4 Å². The van der Waals surface area contributed by atoms with E-state index < -0.39 is 11.9 Å². The Morgan fingerprint density at radius 1 is 1.31 bits per heavy atom. The van der Waals surface area contributed by atoms with Crippen LogP contribution in [0.15, 0.2) is 24.5 Å². The predicted molar refractivity (Wildman–Crippen MR) is 149 cm³/mol. The molecule has 39 heavy (non-hydrogen) atoms. The minimum atomic E-state index is -0.678. The van der Waals surface area contributed by atoms with Crippen molar-refractivity contribution in [3.05, 3.63) is 47.0 Å². The number of nitriles is 1. The van der Waals surface area contributed by atoms with Crippen LogP contribution in [0.5, 0.6) is 0 Å². The molecule has 0 bridgehead atoms. The van der Waals surface area contributed by atoms with Crippen molar-refractivity contribution in [1.29, 1.82) is 5.26 Å². The van der Waals surface area contributed by atoms with Gasteiger partial charge in [-0.2, -0.15) is 5.26 Å². The molecule has 2 aliphatic heterocycles. The first kappa shape index (κ1) is 27.4. The molecule has 8 nitrogen and oxygen atoms in total. The fourth-order valence-electron chi connectivity index (χ4n) is 6.06. The molecule has 0 radical (unpaired) electrons. The van der Waals surface area contributed by atoms with Gasteiger partial charge in [0.1, 0.15) is 5.69 Å². The maximum Gasteiger partial charge on any atom is 0.223 e. The summed E-state index contributed by atoms with van der Waals surface area (Å²) >= 11 is 0. The highest BCUT2D eigenvalue weighted by atomic mass is 19.1. The third-order valence-electron chi connectivity index (χ3n) is 8.07. The molecule has 9 heteroatoms. The zero-order valence-electron chi connectivity index (χ0n) is 23.2. The number of pyridine rings is 1. The Kier molecular flexibility index (Phi) is 7.81. The molecule has 0 spiro atoms. The molecule has 0 amide bonds. The van der Waals surface area contributed by atoms with Crippen molar-refractivity contribution in [1.82, 2.24) is 19.9 Å². The van der Waals surface area contributed by atoms with Gasteiger partial charge in [0, 0.05) is 36.8 Å². The Labute approximate surface area is 229 Å². The first-order valence-corrected chi connectivity index (χ1v) is 13.8. The second-order valence-corrected chi connectivity index (χ2v) is 11.5. The van der Waals surface area contributed by atoms with Crippen molar-refractivity contribution in [3.8, 4) is 17.3 Å². The van der Waals surface area contributed by atoms with Crippen LogP contribution < -0.4 is 5.32 Å². The lowest BCUT2D eigenvalue weighted by atomic mass is 9.83. The number of aryl methyl sites for hydroxylation is 1. The molecule has 2 aromatic heterocycles. The number of nitrogens with zero attached hydrogens (tertiary/aromatic N) is 5. The van der Waals surface area contributed by atoms with E-state index in [9.17, 15) is 10.4 Å². The van der Waals surface area contributed by atoms with E-state index in [0.29, 0.717) is 18.6 Å². The number of benzene rings is 1. The number of hydrogen-bond donors (Lipinski definition) is 2. The molecular weight excluding hydrogens is 495 g/mol. The van der Waals surface area contributed by atoms with Crippen LogP contribution in [0.2, 0.25) is 0 Å². The van der Waals surface area contributed by atoms with E-state index in [4.69, 9.17) is 9.72 Å². The molecule has 2 fully saturated rings. The predicted octanol–water partition coefficient (Wildman–Crippen LogP) is 4.95. The molecule has 2 N–H and O–H groups in total. The minimum absolute atomic E-state index is 0.217. The second-order valence-electron chi connectivity index (χ2n) is 11.5. The van der Waals surface area contributed by atoms with Crippen molar-refractivity contribution in [2.75, 3.05) is 31.6 Å². The molecule has 1 aromatic carbocycles. The quantitative estimate of drug-likeness (QED) is 0.459. The van der Waals surface area contributed by atoms with Gasteiger partial charge < -0.3 is 15.2 Å². The van der Waals surface area contributed by atoms with Crippen LogP contribution in [0.1, 0.15) is 62.6 Å². The van der Waals surface area contributed by atoms with E-state index in [-0.39, 0.29) is 35.6 Å². The minimum Gasteiger partial charge on any atom is -0.389 e. The molecule has 206 valence electrons. The summed E-state index contributed by atoms with van der Waals surface area (Å²) in [7, 11) is 0. The molecule has 3 aromatic rings. The average molecular weight is 533 g/mol. The number of piperidine rings is 1. The van der Waals surface area contributed by atoms with Gasteiger partial charge in [-0.15, -0.1) is 0 Å². The van der Waals surface area contributed by atoms with Crippen molar-refractivity contribution < 1.29 is 14.2 Å². The Bertz CT molecular complexity index is 1410. The Balaban J connectivity index is 1.53. The van der Waals surface area contributed by atoms with Crippen LogP contribution in [-0.4, -0.2) is 63.4 Å². The fourth-order valence-corrected chi connectivity index (χ4v) is 6.06. The first-order chi connectivity index (χ1) is 18.7. The number of likely N-dealkylation sites (tertiary alicyclic amines) is 1. The number of hydrogen-bond acceptors (Lipinski definition) is 8. The maximum atomic E-state index is 15.2. The van der Waals surface area contributed by atoms with Crippen molar-refractivity contribution >= 4 is 16.9 Å². The third-order valence-corrected chi connectivity index (χ3v) is 8.07. The van der Waals surface area contributed by atoms with E-state index in [1.807, 2.05) is 32.2 Å². The van der Waals surface area contributed by atoms with E-state index in [1.165, 1.54) is 11.8 Å². The molecule has 2 aliphatic rings. The highest BCUT2D eigenvalue weighted by Crippen LogP contribution is 2.37. The number of anilines is 1. The standard InChI is InChI=1S/C30H37FN6O2/c1-18(2)26-20(14-37-10-5-9-30(4,16-32)17-37)12-33-24-7-6-21(19(3)27(24)26)28-22(31)13-34-29(36-28)35-23-8-11-39-15-25(23)38/h6-7,12-13,18,23,25,38H,5,8-11,14-15,17H2,1-4H3,(H,34,35,36)/t23-,25-,30-/m1/s1. The van der Waals surface area contributed by atoms with E-state index >= 15 is 4.39 Å². The summed E-state index contributed by atoms with van der Waals surface area (Å²) in [5.74, 6) is -0.0117. The largest absolute Gasteiger partial charge is 0.389 e. The lowest BCUT2D eigenvalue weighted by Gasteiger charge is -2.36. The third kappa shape index (κ3) is 5.60. The number of aliphatic hydroxyl groups excluding tert-OH is 1. The van der Waals surface area contributed by atoms with Crippen LogP contribution in [0.3, 0.4) is 0 Å². The van der Waals surface area contributed by atoms with Crippen molar-refractivity contribution in [2.24, 2.45) is 5.41 Å². The summed E-state index contributed by atoms with van der Waals surface area (Å²) in [5, 5.41) is 24.1. The van der Waals surface area contributed by atoms with Crippen LogP contribution in [-0.2, 0) is 11.3 Å². The first-order valence-electron chi connectivity index (χ1n) is 13.8. The number of halogens is 1. The van der Waals surface area contributed by atoms with Crippen LogP contribution in [0.4, 0.5) is 10.3 Å². The fraction of sp³-hybridized carbons (Fsp3) is 0.533. The number of aliphatic hydroxyl groups is 1. The number of fused-ring (bicyclic) bond motifs is 1. The van der Waals surface area contributed by atoms with Crippen molar-refractivity contribution in [2.45, 2.75) is 71.6 Å². The summed E-state index contributed by atoms with van der Waals surface area (Å²) in [6, 6.07) is 6.05. The van der Waals surface area contributed by atoms with Gasteiger partial charge >= 0.3 is 0 Å². The zero-order chi connectivity index (χ0) is 27.7. The maximum absolute atomic E-state index is 15.2. The van der Waals surface area contributed by atoms with Gasteiger partial charge in [-0.1, -0.05) is 19.9 Å². The lowest BCUT2D eigenvalue weighted by molar-refractivity contribution is -0.0136. The monoisotopic (exact) mass is 532 g/mol. The topological polar surface area (TPSA) is 107 Å². The summed E-state index contributed by atoms with van der Waals surface area (Å²) in [5.41, 5.74) is 4.69. The number of nitrogens with one attached hydrogen (secondary N) is 1. The van der Waals surface area contributed by atoms with E-state index in [1.54, 1.807) is 0 Å².